The molecule has 3 heterocycles. The average molecular weight is 331 g/mol. The van der Waals surface area contributed by atoms with E-state index in [0.29, 0.717) is 17.1 Å². The number of nitrogens with two attached hydrogens (primary N) is 1. The van der Waals surface area contributed by atoms with Crippen molar-refractivity contribution in [1.29, 1.82) is 0 Å². The Balaban J connectivity index is 1.75. The first kappa shape index (κ1) is 15.3. The highest BCUT2D eigenvalue weighted by atomic mass is 16.6. The Morgan fingerprint density at radius 2 is 2.08 bits per heavy atom. The van der Waals surface area contributed by atoms with Crippen LogP contribution in [0.25, 0.3) is 11.2 Å². The smallest absolute Gasteiger partial charge is 0.208 e. The van der Waals surface area contributed by atoms with Crippen LogP contribution in [0.5, 0.6) is 0 Å². The summed E-state index contributed by atoms with van der Waals surface area (Å²) in [5, 5.41) is 29.3. The minimum atomic E-state index is -1.23. The van der Waals surface area contributed by atoms with Crippen LogP contribution in [0, 0.1) is 17.8 Å². The molecule has 126 valence electrons. The Labute approximate surface area is 137 Å². The Bertz CT molecular complexity index is 837. The minimum absolute atomic E-state index is 0.186. The van der Waals surface area contributed by atoms with Gasteiger partial charge in [0.2, 0.25) is 5.82 Å². The van der Waals surface area contributed by atoms with Gasteiger partial charge in [0, 0.05) is 5.92 Å². The van der Waals surface area contributed by atoms with Crippen molar-refractivity contribution >= 4 is 17.0 Å². The minimum Gasteiger partial charge on any atom is -0.394 e. The Kier molecular flexibility index (Phi) is 3.62. The SMILES string of the molecule is Nc1nc(C#CC2CC2)nc2c1ncn2[C@@H]1O[C@H](CO)C(O)C1O. The lowest BCUT2D eigenvalue weighted by Gasteiger charge is -2.16. The van der Waals surface area contributed by atoms with E-state index in [0.717, 1.165) is 12.8 Å². The van der Waals surface area contributed by atoms with E-state index in [9.17, 15) is 15.3 Å². The summed E-state index contributed by atoms with van der Waals surface area (Å²) in [5.41, 5.74) is 6.64. The van der Waals surface area contributed by atoms with Crippen molar-refractivity contribution in [2.75, 3.05) is 12.3 Å². The maximum absolute atomic E-state index is 10.2. The number of ether oxygens (including phenoxy) is 1. The number of anilines is 1. The second-order valence-electron chi connectivity index (χ2n) is 6.03. The normalized spacial score (nSPS) is 29.6. The van der Waals surface area contributed by atoms with E-state index >= 15 is 0 Å². The lowest BCUT2D eigenvalue weighted by Crippen LogP contribution is -2.33. The molecule has 24 heavy (non-hydrogen) atoms. The molecule has 0 aromatic carbocycles. The molecule has 5 N–H and O–H groups in total. The van der Waals surface area contributed by atoms with Crippen molar-refractivity contribution in [3.63, 3.8) is 0 Å². The van der Waals surface area contributed by atoms with Gasteiger partial charge in [0.15, 0.2) is 17.7 Å². The largest absolute Gasteiger partial charge is 0.394 e. The first-order valence-electron chi connectivity index (χ1n) is 7.72. The molecule has 0 amide bonds. The molecule has 9 nitrogen and oxygen atoms in total. The summed E-state index contributed by atoms with van der Waals surface area (Å²) >= 11 is 0. The average Bonchev–Trinajstić information content (AvgIpc) is 3.24. The van der Waals surface area contributed by atoms with E-state index in [2.05, 4.69) is 26.8 Å². The Hall–Kier alpha value is -2.25. The molecule has 0 bridgehead atoms. The van der Waals surface area contributed by atoms with Gasteiger partial charge in [0.05, 0.1) is 12.9 Å². The summed E-state index contributed by atoms with van der Waals surface area (Å²) in [6, 6.07) is 0. The molecule has 4 rings (SSSR count). The summed E-state index contributed by atoms with van der Waals surface area (Å²) < 4.78 is 6.98. The number of aromatic nitrogens is 4. The summed E-state index contributed by atoms with van der Waals surface area (Å²) in [6.07, 6.45) is -0.649. The van der Waals surface area contributed by atoms with Crippen LogP contribution in [0.4, 0.5) is 5.82 Å². The highest BCUT2D eigenvalue weighted by molar-refractivity contribution is 5.82. The van der Waals surface area contributed by atoms with Gasteiger partial charge in [-0.25, -0.2) is 15.0 Å². The lowest BCUT2D eigenvalue weighted by molar-refractivity contribution is -0.0511. The third-order valence-corrected chi connectivity index (χ3v) is 4.21. The van der Waals surface area contributed by atoms with Gasteiger partial charge >= 0.3 is 0 Å². The van der Waals surface area contributed by atoms with E-state index in [-0.39, 0.29) is 11.6 Å². The van der Waals surface area contributed by atoms with Crippen LogP contribution in [0.3, 0.4) is 0 Å². The van der Waals surface area contributed by atoms with Crippen molar-refractivity contribution in [3.05, 3.63) is 12.2 Å². The molecule has 0 spiro atoms. The molecule has 0 radical (unpaired) electrons. The van der Waals surface area contributed by atoms with E-state index in [4.69, 9.17) is 10.5 Å². The van der Waals surface area contributed by atoms with Gasteiger partial charge < -0.3 is 25.8 Å². The van der Waals surface area contributed by atoms with Gasteiger partial charge in [-0.2, -0.15) is 0 Å². The van der Waals surface area contributed by atoms with Gasteiger partial charge in [-0.1, -0.05) is 5.92 Å². The van der Waals surface area contributed by atoms with Crippen molar-refractivity contribution in [1.82, 2.24) is 19.5 Å². The van der Waals surface area contributed by atoms with E-state index in [1.807, 2.05) is 0 Å². The predicted molar refractivity (Wildman–Crippen MR) is 82.3 cm³/mol. The molecule has 1 aliphatic carbocycles. The summed E-state index contributed by atoms with van der Waals surface area (Å²) in [7, 11) is 0. The maximum atomic E-state index is 10.2. The zero-order valence-corrected chi connectivity index (χ0v) is 12.7. The van der Waals surface area contributed by atoms with Crippen molar-refractivity contribution < 1.29 is 20.1 Å². The van der Waals surface area contributed by atoms with Crippen LogP contribution in [-0.4, -0.2) is 59.8 Å². The first-order chi connectivity index (χ1) is 11.6. The Morgan fingerprint density at radius 1 is 1.29 bits per heavy atom. The molecule has 1 saturated carbocycles. The van der Waals surface area contributed by atoms with Gasteiger partial charge in [0.25, 0.3) is 0 Å². The number of aliphatic hydroxyl groups is 3. The van der Waals surface area contributed by atoms with Gasteiger partial charge in [-0.05, 0) is 18.8 Å². The van der Waals surface area contributed by atoms with Gasteiger partial charge in [-0.3, -0.25) is 4.57 Å². The van der Waals surface area contributed by atoms with E-state index in [1.165, 1.54) is 10.9 Å². The second-order valence-corrected chi connectivity index (χ2v) is 6.03. The van der Waals surface area contributed by atoms with Gasteiger partial charge in [0.1, 0.15) is 23.8 Å². The van der Waals surface area contributed by atoms with Crippen molar-refractivity contribution in [2.24, 2.45) is 5.92 Å². The lowest BCUT2D eigenvalue weighted by atomic mass is 10.1. The maximum Gasteiger partial charge on any atom is 0.208 e. The molecule has 2 fully saturated rings. The fourth-order valence-electron chi connectivity index (χ4n) is 2.68. The molecule has 2 aromatic rings. The standard InChI is InChI=1S/C15H17N5O4/c16-13-10-14(19-9(18-13)4-3-7-1-2-7)20(6-17-10)15-12(23)11(22)8(5-21)24-15/h6-8,11-12,15,21-23H,1-2,5H2,(H2,16,18,19)/t8-,11?,12?,15-/m1/s1. The summed E-state index contributed by atoms with van der Waals surface area (Å²) in [4.78, 5) is 12.6. The number of fused-ring (bicyclic) bond motifs is 1. The van der Waals surface area contributed by atoms with E-state index in [1.54, 1.807) is 0 Å². The topological polar surface area (TPSA) is 140 Å². The number of aliphatic hydroxyl groups excluding tert-OH is 3. The molecule has 2 unspecified atom stereocenters. The molecule has 9 heteroatoms. The fraction of sp³-hybridized carbons (Fsp3) is 0.533. The number of imidazole rings is 1. The van der Waals surface area contributed by atoms with E-state index < -0.39 is 31.1 Å². The molecular formula is C15H17N5O4. The van der Waals surface area contributed by atoms with Crippen molar-refractivity contribution in [2.45, 2.75) is 37.4 Å². The van der Waals surface area contributed by atoms with Crippen LogP contribution in [0.2, 0.25) is 0 Å². The quantitative estimate of drug-likeness (QED) is 0.502. The zero-order valence-electron chi connectivity index (χ0n) is 12.7. The number of hydrogen-bond acceptors (Lipinski definition) is 8. The number of hydrogen-bond donors (Lipinski definition) is 4. The predicted octanol–water partition coefficient (Wildman–Crippen LogP) is -1.22. The second kappa shape index (κ2) is 5.68. The number of nitrogens with zero attached hydrogens (tertiary/aromatic N) is 4. The molecule has 2 aromatic heterocycles. The Morgan fingerprint density at radius 3 is 2.75 bits per heavy atom. The van der Waals surface area contributed by atoms with Gasteiger partial charge in [-0.15, -0.1) is 0 Å². The van der Waals surface area contributed by atoms with Crippen LogP contribution < -0.4 is 5.73 Å². The first-order valence-corrected chi connectivity index (χ1v) is 7.72. The molecule has 4 atom stereocenters. The van der Waals surface area contributed by atoms with Crippen molar-refractivity contribution in [3.8, 4) is 11.8 Å². The summed E-state index contributed by atoms with van der Waals surface area (Å²) in [5.74, 6) is 6.83. The monoisotopic (exact) mass is 331 g/mol. The van der Waals surface area contributed by atoms with Crippen LogP contribution in [0.1, 0.15) is 24.9 Å². The number of nitrogen functional groups attached to an aromatic ring is 1. The zero-order chi connectivity index (χ0) is 16.8. The van der Waals surface area contributed by atoms with Crippen LogP contribution in [0.15, 0.2) is 6.33 Å². The molecule has 2 aliphatic rings. The summed E-state index contributed by atoms with van der Waals surface area (Å²) in [6.45, 7) is -0.406. The molecule has 1 saturated heterocycles. The van der Waals surface area contributed by atoms with Crippen LogP contribution in [-0.2, 0) is 4.74 Å². The highest BCUT2D eigenvalue weighted by Gasteiger charge is 2.44. The molecular weight excluding hydrogens is 314 g/mol. The molecule has 1 aliphatic heterocycles. The fourth-order valence-corrected chi connectivity index (χ4v) is 2.68. The third-order valence-electron chi connectivity index (χ3n) is 4.21. The highest BCUT2D eigenvalue weighted by Crippen LogP contribution is 2.32. The van der Waals surface area contributed by atoms with Crippen LogP contribution >= 0.6 is 0 Å². The number of rotatable bonds is 2. The third kappa shape index (κ3) is 2.50.